The van der Waals surface area contributed by atoms with Crippen molar-refractivity contribution in [1.29, 1.82) is 0 Å². The highest BCUT2D eigenvalue weighted by Crippen LogP contribution is 2.36. The van der Waals surface area contributed by atoms with Gasteiger partial charge in [-0.05, 0) is 32.0 Å². The maximum absolute atomic E-state index is 12.9. The van der Waals surface area contributed by atoms with Gasteiger partial charge in [-0.3, -0.25) is 9.21 Å². The summed E-state index contributed by atoms with van der Waals surface area (Å²) in [5.41, 5.74) is 2.55. The van der Waals surface area contributed by atoms with Crippen LogP contribution in [0.4, 0.5) is 5.69 Å². The van der Waals surface area contributed by atoms with E-state index in [-0.39, 0.29) is 17.3 Å². The predicted octanol–water partition coefficient (Wildman–Crippen LogP) is 3.17. The summed E-state index contributed by atoms with van der Waals surface area (Å²) in [5, 5.41) is 7.85. The third-order valence-electron chi connectivity index (χ3n) is 4.87. The van der Waals surface area contributed by atoms with Gasteiger partial charge >= 0.3 is 0 Å². The van der Waals surface area contributed by atoms with E-state index in [2.05, 4.69) is 10.1 Å². The first-order valence-corrected chi connectivity index (χ1v) is 11.0. The Morgan fingerprint density at radius 3 is 2.67 bits per heavy atom. The largest absolute Gasteiger partial charge is 0.394 e. The van der Waals surface area contributed by atoms with Crippen LogP contribution in [0.15, 0.2) is 45.1 Å². The summed E-state index contributed by atoms with van der Waals surface area (Å²) < 4.78 is 27.2. The first-order valence-electron chi connectivity index (χ1n) is 8.66. The third kappa shape index (κ3) is 3.71. The fraction of sp³-hybridized carbons (Fsp3) is 0.389. The zero-order chi connectivity index (χ0) is 18.1. The maximum atomic E-state index is 12.9. The SMILES string of the molecule is CN1c2ccccc2/C(=N\OCCN2CCCC2)c2cscc2S1(=O)=O.Cl. The summed E-state index contributed by atoms with van der Waals surface area (Å²) in [4.78, 5) is 8.25. The van der Waals surface area contributed by atoms with Crippen LogP contribution in [0.3, 0.4) is 0 Å². The zero-order valence-electron chi connectivity index (χ0n) is 15.0. The zero-order valence-corrected chi connectivity index (χ0v) is 17.4. The molecule has 0 aliphatic carbocycles. The van der Waals surface area contributed by atoms with E-state index < -0.39 is 10.0 Å². The molecule has 4 rings (SSSR count). The summed E-state index contributed by atoms with van der Waals surface area (Å²) in [6, 6.07) is 7.39. The van der Waals surface area contributed by atoms with Crippen molar-refractivity contribution < 1.29 is 13.3 Å². The van der Waals surface area contributed by atoms with Gasteiger partial charge in [-0.2, -0.15) is 11.3 Å². The molecule has 1 aromatic heterocycles. The van der Waals surface area contributed by atoms with Gasteiger partial charge in [-0.25, -0.2) is 8.42 Å². The fourth-order valence-electron chi connectivity index (χ4n) is 3.41. The second kappa shape index (κ2) is 8.18. The lowest BCUT2D eigenvalue weighted by Gasteiger charge is -2.18. The molecule has 2 aliphatic rings. The van der Waals surface area contributed by atoms with Crippen LogP contribution in [-0.2, 0) is 14.9 Å². The van der Waals surface area contributed by atoms with E-state index >= 15 is 0 Å². The topological polar surface area (TPSA) is 62.2 Å². The predicted molar refractivity (Wildman–Crippen MR) is 111 cm³/mol. The molecule has 1 aromatic carbocycles. The summed E-state index contributed by atoms with van der Waals surface area (Å²) in [6.07, 6.45) is 2.48. The highest BCUT2D eigenvalue weighted by atomic mass is 35.5. The van der Waals surface area contributed by atoms with Crippen molar-refractivity contribution in [3.63, 3.8) is 0 Å². The number of thiophene rings is 1. The van der Waals surface area contributed by atoms with Crippen LogP contribution >= 0.6 is 23.7 Å². The van der Waals surface area contributed by atoms with Crippen molar-refractivity contribution >= 4 is 45.2 Å². The number of para-hydroxylation sites is 1. The maximum Gasteiger partial charge on any atom is 0.265 e. The Morgan fingerprint density at radius 2 is 1.89 bits per heavy atom. The molecular weight excluding hydrogens is 406 g/mol. The standard InChI is InChI=1S/C18H21N3O3S2.ClH/c1-20-16-7-3-2-6-14(16)18(15-12-25-13-17(15)26(20,22)23)19-24-11-10-21-8-4-5-9-21;/h2-3,6-7,12-13H,4-5,8-11H2,1H3;1H/b19-18+;. The summed E-state index contributed by atoms with van der Waals surface area (Å²) in [5.74, 6) is 0. The minimum Gasteiger partial charge on any atom is -0.394 e. The summed E-state index contributed by atoms with van der Waals surface area (Å²) >= 11 is 1.36. The molecule has 3 heterocycles. The molecule has 0 N–H and O–H groups in total. The second-order valence-electron chi connectivity index (χ2n) is 6.46. The van der Waals surface area contributed by atoms with E-state index in [9.17, 15) is 8.42 Å². The summed E-state index contributed by atoms with van der Waals surface area (Å²) in [7, 11) is -2.03. The molecule has 0 bridgehead atoms. The number of rotatable bonds is 4. The van der Waals surface area contributed by atoms with Crippen LogP contribution in [0, 0.1) is 0 Å². The first kappa shape index (κ1) is 20.1. The van der Waals surface area contributed by atoms with Gasteiger partial charge in [0.1, 0.15) is 17.2 Å². The Bertz CT molecular complexity index is 937. The van der Waals surface area contributed by atoms with Crippen LogP contribution in [0.2, 0.25) is 0 Å². The number of hydrogen-bond acceptors (Lipinski definition) is 6. The van der Waals surface area contributed by atoms with E-state index in [1.807, 2.05) is 23.6 Å². The van der Waals surface area contributed by atoms with Crippen LogP contribution in [-0.4, -0.2) is 52.3 Å². The molecule has 27 heavy (non-hydrogen) atoms. The van der Waals surface area contributed by atoms with Crippen molar-refractivity contribution in [3.05, 3.63) is 46.2 Å². The lowest BCUT2D eigenvalue weighted by atomic mass is 10.0. The number of fused-ring (bicyclic) bond motifs is 2. The van der Waals surface area contributed by atoms with Gasteiger partial charge in [0.15, 0.2) is 0 Å². The average molecular weight is 428 g/mol. The van der Waals surface area contributed by atoms with Gasteiger partial charge in [0, 0.05) is 35.5 Å². The molecule has 0 radical (unpaired) electrons. The minimum atomic E-state index is -3.60. The van der Waals surface area contributed by atoms with Crippen molar-refractivity contribution in [2.45, 2.75) is 17.7 Å². The van der Waals surface area contributed by atoms with E-state index in [4.69, 9.17) is 4.84 Å². The van der Waals surface area contributed by atoms with Crippen LogP contribution in [0.25, 0.3) is 0 Å². The van der Waals surface area contributed by atoms with E-state index in [1.165, 1.54) is 28.5 Å². The molecule has 0 atom stereocenters. The highest BCUT2D eigenvalue weighted by Gasteiger charge is 2.34. The third-order valence-corrected chi connectivity index (χ3v) is 7.58. The van der Waals surface area contributed by atoms with E-state index in [1.54, 1.807) is 18.5 Å². The molecule has 2 aliphatic heterocycles. The monoisotopic (exact) mass is 427 g/mol. The van der Waals surface area contributed by atoms with Gasteiger partial charge in [-0.15, -0.1) is 12.4 Å². The number of nitrogens with zero attached hydrogens (tertiary/aromatic N) is 3. The van der Waals surface area contributed by atoms with Gasteiger partial charge in [-0.1, -0.05) is 23.4 Å². The molecule has 9 heteroatoms. The van der Waals surface area contributed by atoms with Crippen molar-refractivity contribution in [1.82, 2.24) is 4.90 Å². The van der Waals surface area contributed by atoms with Gasteiger partial charge < -0.3 is 4.84 Å². The molecule has 0 amide bonds. The van der Waals surface area contributed by atoms with Crippen molar-refractivity contribution in [3.8, 4) is 0 Å². The smallest absolute Gasteiger partial charge is 0.265 e. The molecule has 6 nitrogen and oxygen atoms in total. The van der Waals surface area contributed by atoms with E-state index in [0.29, 0.717) is 23.6 Å². The molecule has 1 fully saturated rings. The minimum absolute atomic E-state index is 0. The van der Waals surface area contributed by atoms with Gasteiger partial charge in [0.2, 0.25) is 0 Å². The number of hydrogen-bond donors (Lipinski definition) is 0. The van der Waals surface area contributed by atoms with Crippen molar-refractivity contribution in [2.24, 2.45) is 5.16 Å². The Morgan fingerprint density at radius 1 is 1.15 bits per heavy atom. The normalized spacial score (nSPS) is 19.9. The van der Waals surface area contributed by atoms with Crippen molar-refractivity contribution in [2.75, 3.05) is 37.6 Å². The molecule has 1 saturated heterocycles. The molecule has 2 aromatic rings. The molecule has 0 saturated carbocycles. The Kier molecular flexibility index (Phi) is 6.10. The van der Waals surface area contributed by atoms with E-state index in [0.717, 1.165) is 25.2 Å². The average Bonchev–Trinajstić information content (AvgIpc) is 3.32. The molecule has 146 valence electrons. The number of sulfonamides is 1. The fourth-order valence-corrected chi connectivity index (χ4v) is 5.98. The van der Waals surface area contributed by atoms with Crippen LogP contribution in [0.5, 0.6) is 0 Å². The highest BCUT2D eigenvalue weighted by molar-refractivity contribution is 7.93. The Hall–Kier alpha value is -1.61. The molecular formula is C18H22ClN3O3S2. The summed E-state index contributed by atoms with van der Waals surface area (Å²) in [6.45, 7) is 3.56. The second-order valence-corrected chi connectivity index (χ2v) is 9.14. The number of benzene rings is 1. The van der Waals surface area contributed by atoms with Gasteiger partial charge in [0.05, 0.1) is 5.69 Å². The van der Waals surface area contributed by atoms with Crippen LogP contribution in [0.1, 0.15) is 24.0 Å². The first-order chi connectivity index (χ1) is 12.6. The number of anilines is 1. The van der Waals surface area contributed by atoms with Gasteiger partial charge in [0.25, 0.3) is 10.0 Å². The number of likely N-dealkylation sites (tertiary alicyclic amines) is 1. The quantitative estimate of drug-likeness (QED) is 0.555. The lowest BCUT2D eigenvalue weighted by Crippen LogP contribution is -2.26. The molecule has 0 spiro atoms. The lowest BCUT2D eigenvalue weighted by molar-refractivity contribution is 0.119. The Balaban J connectivity index is 0.00000210. The number of halogens is 1. The molecule has 0 unspecified atom stereocenters. The Labute approximate surface area is 169 Å². The number of oxime groups is 1. The van der Waals surface area contributed by atoms with Crippen LogP contribution < -0.4 is 4.31 Å².